The number of rotatable bonds is 2. The summed E-state index contributed by atoms with van der Waals surface area (Å²) in [5, 5.41) is 2.35. The molecule has 0 saturated heterocycles. The highest BCUT2D eigenvalue weighted by atomic mass is 19.3. The second kappa shape index (κ2) is 5.07. The fourth-order valence-corrected chi connectivity index (χ4v) is 1.02. The van der Waals surface area contributed by atoms with E-state index in [1.165, 1.54) is 12.1 Å². The van der Waals surface area contributed by atoms with Gasteiger partial charge in [0.1, 0.15) is 11.4 Å². The maximum absolute atomic E-state index is 12.2. The SMILES string of the molecule is CC(C)(C)OC(=O)Nc1ccc(C(F)F)cn1. The minimum atomic E-state index is -2.57. The molecule has 0 unspecified atom stereocenters. The molecule has 0 saturated carbocycles. The smallest absolute Gasteiger partial charge is 0.413 e. The highest BCUT2D eigenvalue weighted by molar-refractivity contribution is 5.83. The minimum absolute atomic E-state index is 0.170. The molecule has 0 radical (unpaired) electrons. The zero-order valence-corrected chi connectivity index (χ0v) is 9.83. The van der Waals surface area contributed by atoms with E-state index in [2.05, 4.69) is 10.3 Å². The number of hydrogen-bond acceptors (Lipinski definition) is 3. The maximum Gasteiger partial charge on any atom is 0.413 e. The van der Waals surface area contributed by atoms with E-state index < -0.39 is 18.1 Å². The highest BCUT2D eigenvalue weighted by Gasteiger charge is 2.16. The highest BCUT2D eigenvalue weighted by Crippen LogP contribution is 2.18. The van der Waals surface area contributed by atoms with Gasteiger partial charge in [0.25, 0.3) is 6.43 Å². The van der Waals surface area contributed by atoms with Gasteiger partial charge in [0.2, 0.25) is 0 Å². The third-order valence-corrected chi connectivity index (χ3v) is 1.67. The van der Waals surface area contributed by atoms with Crippen molar-refractivity contribution in [1.29, 1.82) is 0 Å². The Labute approximate surface area is 98.0 Å². The molecule has 1 amide bonds. The van der Waals surface area contributed by atoms with Gasteiger partial charge in [-0.2, -0.15) is 0 Å². The molecule has 0 spiro atoms. The zero-order valence-electron chi connectivity index (χ0n) is 9.83. The van der Waals surface area contributed by atoms with E-state index in [0.29, 0.717) is 0 Å². The number of carbonyl (C=O) groups is 1. The lowest BCUT2D eigenvalue weighted by Crippen LogP contribution is -2.27. The van der Waals surface area contributed by atoms with Gasteiger partial charge in [0, 0.05) is 11.8 Å². The van der Waals surface area contributed by atoms with E-state index >= 15 is 0 Å². The van der Waals surface area contributed by atoms with Crippen molar-refractivity contribution in [2.75, 3.05) is 5.32 Å². The summed E-state index contributed by atoms with van der Waals surface area (Å²) in [6, 6.07) is 2.50. The Morgan fingerprint density at radius 3 is 2.47 bits per heavy atom. The van der Waals surface area contributed by atoms with Crippen LogP contribution in [0.5, 0.6) is 0 Å². The first-order chi connectivity index (χ1) is 7.78. The van der Waals surface area contributed by atoms with Crippen LogP contribution in [-0.2, 0) is 4.74 Å². The Kier molecular flexibility index (Phi) is 3.98. The topological polar surface area (TPSA) is 51.2 Å². The molecule has 94 valence electrons. The van der Waals surface area contributed by atoms with Gasteiger partial charge < -0.3 is 4.74 Å². The number of ether oxygens (including phenoxy) is 1. The number of hydrogen-bond donors (Lipinski definition) is 1. The first-order valence-electron chi connectivity index (χ1n) is 5.02. The predicted octanol–water partition coefficient (Wildman–Crippen LogP) is 3.37. The number of aromatic nitrogens is 1. The van der Waals surface area contributed by atoms with Crippen molar-refractivity contribution < 1.29 is 18.3 Å². The van der Waals surface area contributed by atoms with Crippen molar-refractivity contribution in [3.05, 3.63) is 23.9 Å². The van der Waals surface area contributed by atoms with Crippen LogP contribution in [0.1, 0.15) is 32.8 Å². The first kappa shape index (κ1) is 13.3. The molecule has 1 aromatic rings. The normalized spacial score (nSPS) is 11.4. The molecule has 0 aliphatic heterocycles. The van der Waals surface area contributed by atoms with Gasteiger partial charge in [-0.3, -0.25) is 5.32 Å². The summed E-state index contributed by atoms with van der Waals surface area (Å²) in [7, 11) is 0. The third kappa shape index (κ3) is 4.76. The summed E-state index contributed by atoms with van der Waals surface area (Å²) >= 11 is 0. The number of carbonyl (C=O) groups excluding carboxylic acids is 1. The van der Waals surface area contributed by atoms with Crippen molar-refractivity contribution >= 4 is 11.9 Å². The number of pyridine rings is 1. The predicted molar refractivity (Wildman–Crippen MR) is 59.1 cm³/mol. The standard InChI is InChI=1S/C11H14F2N2O2/c1-11(2,3)17-10(16)15-8-5-4-7(6-14-8)9(12)13/h4-6,9H,1-3H3,(H,14,15,16). The Bertz CT molecular complexity index is 385. The Balaban J connectivity index is 2.61. The summed E-state index contributed by atoms with van der Waals surface area (Å²) in [5.41, 5.74) is -0.813. The lowest BCUT2D eigenvalue weighted by molar-refractivity contribution is 0.0635. The number of halogens is 2. The van der Waals surface area contributed by atoms with Crippen LogP contribution in [0.4, 0.5) is 19.4 Å². The maximum atomic E-state index is 12.2. The second-order valence-electron chi connectivity index (χ2n) is 4.40. The molecule has 1 rings (SSSR count). The van der Waals surface area contributed by atoms with Gasteiger partial charge in [-0.05, 0) is 32.9 Å². The Morgan fingerprint density at radius 1 is 1.41 bits per heavy atom. The molecule has 0 aliphatic rings. The summed E-state index contributed by atoms with van der Waals surface area (Å²) in [6.07, 6.45) is -2.23. The molecule has 1 N–H and O–H groups in total. The van der Waals surface area contributed by atoms with Crippen LogP contribution < -0.4 is 5.32 Å². The van der Waals surface area contributed by atoms with Gasteiger partial charge >= 0.3 is 6.09 Å². The summed E-state index contributed by atoms with van der Waals surface area (Å²) in [5.74, 6) is 0.170. The monoisotopic (exact) mass is 244 g/mol. The van der Waals surface area contributed by atoms with Crippen molar-refractivity contribution in [3.63, 3.8) is 0 Å². The molecule has 4 nitrogen and oxygen atoms in total. The number of anilines is 1. The number of amides is 1. The number of nitrogens with zero attached hydrogens (tertiary/aromatic N) is 1. The largest absolute Gasteiger partial charge is 0.444 e. The van der Waals surface area contributed by atoms with Crippen molar-refractivity contribution in [2.24, 2.45) is 0 Å². The van der Waals surface area contributed by atoms with Crippen LogP contribution in [0.25, 0.3) is 0 Å². The van der Waals surface area contributed by atoms with Crippen LogP contribution in [0.2, 0.25) is 0 Å². The lowest BCUT2D eigenvalue weighted by atomic mass is 10.2. The van der Waals surface area contributed by atoms with Crippen molar-refractivity contribution in [1.82, 2.24) is 4.98 Å². The van der Waals surface area contributed by atoms with Gasteiger partial charge in [-0.25, -0.2) is 18.6 Å². The van der Waals surface area contributed by atoms with E-state index in [0.717, 1.165) is 6.20 Å². The fraction of sp³-hybridized carbons (Fsp3) is 0.455. The average molecular weight is 244 g/mol. The fourth-order valence-electron chi connectivity index (χ4n) is 1.02. The second-order valence-corrected chi connectivity index (χ2v) is 4.40. The Morgan fingerprint density at radius 2 is 2.06 bits per heavy atom. The van der Waals surface area contributed by atoms with E-state index in [4.69, 9.17) is 4.74 Å². The van der Waals surface area contributed by atoms with Gasteiger partial charge in [0.15, 0.2) is 0 Å². The summed E-state index contributed by atoms with van der Waals surface area (Å²) < 4.78 is 29.4. The van der Waals surface area contributed by atoms with E-state index in [-0.39, 0.29) is 11.4 Å². The van der Waals surface area contributed by atoms with Crippen LogP contribution in [0.15, 0.2) is 18.3 Å². The van der Waals surface area contributed by atoms with Gasteiger partial charge in [-0.15, -0.1) is 0 Å². The number of nitrogens with one attached hydrogen (secondary N) is 1. The molecule has 6 heteroatoms. The van der Waals surface area contributed by atoms with E-state index in [9.17, 15) is 13.6 Å². The van der Waals surface area contributed by atoms with Crippen LogP contribution in [0, 0.1) is 0 Å². The molecule has 0 aliphatic carbocycles. The molecule has 1 aromatic heterocycles. The Hall–Kier alpha value is -1.72. The first-order valence-corrected chi connectivity index (χ1v) is 5.02. The summed E-state index contributed by atoms with van der Waals surface area (Å²) in [6.45, 7) is 5.17. The molecule has 17 heavy (non-hydrogen) atoms. The van der Waals surface area contributed by atoms with Crippen LogP contribution in [0.3, 0.4) is 0 Å². The minimum Gasteiger partial charge on any atom is -0.444 e. The van der Waals surface area contributed by atoms with Crippen molar-refractivity contribution in [2.45, 2.75) is 32.8 Å². The molecule has 1 heterocycles. The molecule has 0 bridgehead atoms. The third-order valence-electron chi connectivity index (χ3n) is 1.67. The van der Waals surface area contributed by atoms with Gasteiger partial charge in [-0.1, -0.05) is 0 Å². The van der Waals surface area contributed by atoms with Crippen LogP contribution in [-0.4, -0.2) is 16.7 Å². The zero-order chi connectivity index (χ0) is 13.1. The van der Waals surface area contributed by atoms with E-state index in [1.54, 1.807) is 20.8 Å². The van der Waals surface area contributed by atoms with Gasteiger partial charge in [0.05, 0.1) is 0 Å². The molecule has 0 aromatic carbocycles. The van der Waals surface area contributed by atoms with Crippen molar-refractivity contribution in [3.8, 4) is 0 Å². The molecule has 0 fully saturated rings. The average Bonchev–Trinajstić information content (AvgIpc) is 2.15. The quantitative estimate of drug-likeness (QED) is 0.867. The van der Waals surface area contributed by atoms with E-state index in [1.807, 2.05) is 0 Å². The number of alkyl halides is 2. The summed E-state index contributed by atoms with van der Waals surface area (Å²) in [4.78, 5) is 15.0. The molecular formula is C11H14F2N2O2. The molecular weight excluding hydrogens is 230 g/mol. The lowest BCUT2D eigenvalue weighted by Gasteiger charge is -2.19. The molecule has 0 atom stereocenters. The van der Waals surface area contributed by atoms with Crippen LogP contribution >= 0.6 is 0 Å².